The molecule has 2 atom stereocenters. The van der Waals surface area contributed by atoms with Gasteiger partial charge in [0.2, 0.25) is 5.91 Å². The van der Waals surface area contributed by atoms with Crippen molar-refractivity contribution in [2.75, 3.05) is 13.1 Å². The molecular weight excluding hydrogens is 260 g/mol. The third-order valence-corrected chi connectivity index (χ3v) is 4.20. The van der Waals surface area contributed by atoms with Crippen molar-refractivity contribution in [2.24, 2.45) is 5.73 Å². The van der Waals surface area contributed by atoms with Crippen molar-refractivity contribution in [3.63, 3.8) is 0 Å². The van der Waals surface area contributed by atoms with E-state index in [9.17, 15) is 4.79 Å². The summed E-state index contributed by atoms with van der Waals surface area (Å²) in [4.78, 5) is 14.4. The predicted molar refractivity (Wildman–Crippen MR) is 83.8 cm³/mol. The van der Waals surface area contributed by atoms with Crippen LogP contribution in [-0.2, 0) is 4.79 Å². The Morgan fingerprint density at radius 2 is 1.67 bits per heavy atom. The molecule has 0 bridgehead atoms. The lowest BCUT2D eigenvalue weighted by atomic mass is 9.99. The first-order valence-corrected chi connectivity index (χ1v) is 7.40. The molecule has 2 aromatic carbocycles. The Morgan fingerprint density at radius 1 is 1.05 bits per heavy atom. The van der Waals surface area contributed by atoms with Crippen molar-refractivity contribution in [2.45, 2.75) is 18.4 Å². The molecule has 3 heteroatoms. The van der Waals surface area contributed by atoms with Gasteiger partial charge in [0.25, 0.3) is 0 Å². The average molecular weight is 280 g/mol. The average Bonchev–Trinajstić information content (AvgIpc) is 3.05. The molecule has 2 N–H and O–H groups in total. The first-order chi connectivity index (χ1) is 10.3. The third kappa shape index (κ3) is 2.98. The molecule has 21 heavy (non-hydrogen) atoms. The monoisotopic (exact) mass is 280 g/mol. The fourth-order valence-corrected chi connectivity index (χ4v) is 2.96. The summed E-state index contributed by atoms with van der Waals surface area (Å²) in [6, 6.07) is 19.4. The molecule has 108 valence electrons. The number of rotatable bonds is 3. The zero-order chi connectivity index (χ0) is 14.7. The van der Waals surface area contributed by atoms with Crippen LogP contribution in [0.1, 0.15) is 29.5 Å². The maximum Gasteiger partial charge on any atom is 0.244 e. The number of amides is 1. The molecule has 1 saturated heterocycles. The second-order valence-corrected chi connectivity index (χ2v) is 5.57. The van der Waals surface area contributed by atoms with E-state index in [-0.39, 0.29) is 5.91 Å². The van der Waals surface area contributed by atoms with Crippen molar-refractivity contribution < 1.29 is 4.79 Å². The Balaban J connectivity index is 1.67. The molecule has 0 aliphatic carbocycles. The first kappa shape index (κ1) is 13.8. The van der Waals surface area contributed by atoms with Crippen LogP contribution >= 0.6 is 0 Å². The van der Waals surface area contributed by atoms with Crippen LogP contribution in [0.3, 0.4) is 0 Å². The highest BCUT2D eigenvalue weighted by Crippen LogP contribution is 2.28. The Kier molecular flexibility index (Phi) is 4.02. The van der Waals surface area contributed by atoms with Crippen molar-refractivity contribution in [1.82, 2.24) is 4.90 Å². The zero-order valence-corrected chi connectivity index (χ0v) is 12.0. The van der Waals surface area contributed by atoms with Crippen LogP contribution < -0.4 is 5.73 Å². The molecule has 0 radical (unpaired) electrons. The minimum Gasteiger partial charge on any atom is -0.340 e. The number of carbonyl (C=O) groups excluding carboxylic acids is 1. The molecule has 1 heterocycles. The lowest BCUT2D eigenvalue weighted by Gasteiger charge is -2.21. The lowest BCUT2D eigenvalue weighted by Crippen LogP contribution is -2.36. The molecule has 1 amide bonds. The van der Waals surface area contributed by atoms with Gasteiger partial charge in [-0.2, -0.15) is 0 Å². The van der Waals surface area contributed by atoms with Crippen molar-refractivity contribution >= 4 is 5.91 Å². The number of carbonyl (C=O) groups is 1. The highest BCUT2D eigenvalue weighted by molar-refractivity contribution is 5.83. The first-order valence-electron chi connectivity index (χ1n) is 7.40. The highest BCUT2D eigenvalue weighted by Gasteiger charge is 2.30. The van der Waals surface area contributed by atoms with E-state index in [2.05, 4.69) is 24.3 Å². The molecule has 1 aliphatic rings. The SMILES string of the molecule is N[C@@H](C(=O)N1CCC(c2ccccc2)C1)c1ccccc1. The van der Waals surface area contributed by atoms with Gasteiger partial charge in [0.05, 0.1) is 0 Å². The second kappa shape index (κ2) is 6.10. The third-order valence-electron chi connectivity index (χ3n) is 4.20. The summed E-state index contributed by atoms with van der Waals surface area (Å²) in [6.07, 6.45) is 1.01. The van der Waals surface area contributed by atoms with E-state index < -0.39 is 6.04 Å². The van der Waals surface area contributed by atoms with E-state index in [1.807, 2.05) is 41.3 Å². The van der Waals surface area contributed by atoms with E-state index in [1.54, 1.807) is 0 Å². The molecule has 1 fully saturated rings. The van der Waals surface area contributed by atoms with Gasteiger partial charge >= 0.3 is 0 Å². The molecule has 0 spiro atoms. The summed E-state index contributed by atoms with van der Waals surface area (Å²) >= 11 is 0. The molecule has 0 saturated carbocycles. The van der Waals surface area contributed by atoms with E-state index in [1.165, 1.54) is 5.56 Å². The number of nitrogens with two attached hydrogens (primary N) is 1. The Labute approximate surface area is 125 Å². The molecule has 2 aromatic rings. The number of benzene rings is 2. The normalized spacial score (nSPS) is 19.5. The van der Waals surface area contributed by atoms with Gasteiger partial charge in [-0.05, 0) is 17.5 Å². The van der Waals surface area contributed by atoms with Gasteiger partial charge < -0.3 is 10.6 Å². The summed E-state index contributed by atoms with van der Waals surface area (Å²) < 4.78 is 0. The lowest BCUT2D eigenvalue weighted by molar-refractivity contribution is -0.131. The van der Waals surface area contributed by atoms with Gasteiger partial charge in [-0.1, -0.05) is 60.7 Å². The summed E-state index contributed by atoms with van der Waals surface area (Å²) in [7, 11) is 0. The standard InChI is InChI=1S/C18H20N2O/c19-17(15-9-5-2-6-10-15)18(21)20-12-11-16(13-20)14-7-3-1-4-8-14/h1-10,16-17H,11-13,19H2/t16?,17-/m1/s1. The fraction of sp³-hybridized carbons (Fsp3) is 0.278. The van der Waals surface area contributed by atoms with E-state index in [4.69, 9.17) is 5.73 Å². The number of hydrogen-bond acceptors (Lipinski definition) is 2. The molecule has 1 aliphatic heterocycles. The molecule has 3 nitrogen and oxygen atoms in total. The quantitative estimate of drug-likeness (QED) is 0.939. The number of likely N-dealkylation sites (tertiary alicyclic amines) is 1. The number of hydrogen-bond donors (Lipinski definition) is 1. The van der Waals surface area contributed by atoms with Gasteiger partial charge in [-0.3, -0.25) is 4.79 Å². The van der Waals surface area contributed by atoms with Crippen LogP contribution in [0.2, 0.25) is 0 Å². The second-order valence-electron chi connectivity index (χ2n) is 5.57. The van der Waals surface area contributed by atoms with Gasteiger partial charge in [-0.25, -0.2) is 0 Å². The maximum atomic E-state index is 12.5. The van der Waals surface area contributed by atoms with Gasteiger partial charge in [0.1, 0.15) is 6.04 Å². The topological polar surface area (TPSA) is 46.3 Å². The number of nitrogens with zero attached hydrogens (tertiary/aromatic N) is 1. The van der Waals surface area contributed by atoms with Crippen LogP contribution in [0.25, 0.3) is 0 Å². The van der Waals surface area contributed by atoms with E-state index in [0.29, 0.717) is 5.92 Å². The van der Waals surface area contributed by atoms with Crippen molar-refractivity contribution in [1.29, 1.82) is 0 Å². The van der Waals surface area contributed by atoms with Crippen molar-refractivity contribution in [3.8, 4) is 0 Å². The van der Waals surface area contributed by atoms with E-state index in [0.717, 1.165) is 25.1 Å². The van der Waals surface area contributed by atoms with Gasteiger partial charge in [-0.15, -0.1) is 0 Å². The van der Waals surface area contributed by atoms with Gasteiger partial charge in [0.15, 0.2) is 0 Å². The largest absolute Gasteiger partial charge is 0.340 e. The van der Waals surface area contributed by atoms with Crippen molar-refractivity contribution in [3.05, 3.63) is 71.8 Å². The minimum absolute atomic E-state index is 0.0274. The summed E-state index contributed by atoms with van der Waals surface area (Å²) in [5.41, 5.74) is 8.30. The zero-order valence-electron chi connectivity index (χ0n) is 12.0. The Hall–Kier alpha value is -2.13. The van der Waals surface area contributed by atoms with E-state index >= 15 is 0 Å². The Bertz CT molecular complexity index is 597. The van der Waals surface area contributed by atoms with Gasteiger partial charge in [0, 0.05) is 19.0 Å². The molecular formula is C18H20N2O. The Morgan fingerprint density at radius 3 is 2.33 bits per heavy atom. The summed E-state index contributed by atoms with van der Waals surface area (Å²) in [6.45, 7) is 1.56. The molecule has 0 aromatic heterocycles. The van der Waals surface area contributed by atoms with Crippen LogP contribution in [0.5, 0.6) is 0 Å². The smallest absolute Gasteiger partial charge is 0.244 e. The molecule has 1 unspecified atom stereocenters. The van der Waals surface area contributed by atoms with Crippen LogP contribution in [0.15, 0.2) is 60.7 Å². The predicted octanol–water partition coefficient (Wildman–Crippen LogP) is 2.70. The summed E-state index contributed by atoms with van der Waals surface area (Å²) in [5, 5.41) is 0. The maximum absolute atomic E-state index is 12.5. The van der Waals surface area contributed by atoms with Crippen LogP contribution in [0.4, 0.5) is 0 Å². The van der Waals surface area contributed by atoms with Crippen LogP contribution in [-0.4, -0.2) is 23.9 Å². The van der Waals surface area contributed by atoms with Crippen LogP contribution in [0, 0.1) is 0 Å². The minimum atomic E-state index is -0.555. The summed E-state index contributed by atoms with van der Waals surface area (Å²) in [5.74, 6) is 0.456. The fourth-order valence-electron chi connectivity index (χ4n) is 2.96. The molecule has 3 rings (SSSR count). The highest BCUT2D eigenvalue weighted by atomic mass is 16.2.